The Kier molecular flexibility index (Phi) is 5.62. The number of hydrogen-bond acceptors (Lipinski definition) is 9. The van der Waals surface area contributed by atoms with Crippen LogP contribution in [0.4, 0.5) is 0 Å². The van der Waals surface area contributed by atoms with Crippen molar-refractivity contribution in [1.82, 2.24) is 20.2 Å². The summed E-state index contributed by atoms with van der Waals surface area (Å²) in [6.07, 6.45) is 0.878. The summed E-state index contributed by atoms with van der Waals surface area (Å²) in [6, 6.07) is 5.43. The quantitative estimate of drug-likeness (QED) is 0.393. The normalized spacial score (nSPS) is 12.9. The number of benzene rings is 1. The Hall–Kier alpha value is -3.17. The lowest BCUT2D eigenvalue weighted by atomic mass is 10.1. The van der Waals surface area contributed by atoms with Crippen LogP contribution in [0.15, 0.2) is 23.4 Å². The number of tetrazole rings is 1. The van der Waals surface area contributed by atoms with Gasteiger partial charge < -0.3 is 19.0 Å². The zero-order valence-corrected chi connectivity index (χ0v) is 14.5. The fourth-order valence-electron chi connectivity index (χ4n) is 2.25. The van der Waals surface area contributed by atoms with Crippen LogP contribution in [0.25, 0.3) is 0 Å². The molecule has 0 bridgehead atoms. The van der Waals surface area contributed by atoms with Gasteiger partial charge in [-0.3, -0.25) is 0 Å². The summed E-state index contributed by atoms with van der Waals surface area (Å²) in [5.74, 6) is 1.27. The highest BCUT2D eigenvalue weighted by atomic mass is 16.7. The van der Waals surface area contributed by atoms with Crippen molar-refractivity contribution in [1.29, 1.82) is 0 Å². The number of nitrogens with zero attached hydrogens (tertiary/aromatic N) is 5. The van der Waals surface area contributed by atoms with Crippen LogP contribution in [0.5, 0.6) is 11.5 Å². The van der Waals surface area contributed by atoms with E-state index in [4.69, 9.17) is 19.0 Å². The number of rotatable bonds is 8. The Morgan fingerprint density at radius 1 is 1.35 bits per heavy atom. The Morgan fingerprint density at radius 3 is 3.04 bits per heavy atom. The lowest BCUT2D eigenvalue weighted by molar-refractivity contribution is -0.150. The van der Waals surface area contributed by atoms with Crippen molar-refractivity contribution in [2.24, 2.45) is 5.16 Å². The van der Waals surface area contributed by atoms with Gasteiger partial charge in [0.1, 0.15) is 0 Å². The molecule has 0 unspecified atom stereocenters. The molecule has 0 saturated carbocycles. The van der Waals surface area contributed by atoms with Crippen LogP contribution < -0.4 is 9.47 Å². The van der Waals surface area contributed by atoms with E-state index in [1.54, 1.807) is 23.7 Å². The van der Waals surface area contributed by atoms with Gasteiger partial charge in [0, 0.05) is 12.1 Å². The first-order valence-corrected chi connectivity index (χ1v) is 8.14. The number of esters is 1. The Bertz CT molecular complexity index is 804. The van der Waals surface area contributed by atoms with E-state index in [0.717, 1.165) is 12.0 Å². The molecule has 1 aliphatic rings. The molecule has 0 fully saturated rings. The van der Waals surface area contributed by atoms with Gasteiger partial charge in [0.2, 0.25) is 13.4 Å². The number of ether oxygens (including phenoxy) is 3. The number of fused-ring (bicyclic) bond motifs is 1. The minimum Gasteiger partial charge on any atom is -0.455 e. The molecule has 2 heterocycles. The third-order valence-corrected chi connectivity index (χ3v) is 3.58. The topological polar surface area (TPSA) is 110 Å². The molecule has 10 nitrogen and oxygen atoms in total. The average molecular weight is 361 g/mol. The van der Waals surface area contributed by atoms with Crippen LogP contribution in [0.1, 0.15) is 31.7 Å². The molecule has 0 radical (unpaired) electrons. The average Bonchev–Trinajstić information content (AvgIpc) is 3.28. The lowest BCUT2D eigenvalue weighted by Crippen LogP contribution is -2.14. The number of aryl methyl sites for hydroxylation is 1. The molecule has 0 spiro atoms. The molecule has 26 heavy (non-hydrogen) atoms. The van der Waals surface area contributed by atoms with Crippen LogP contribution >= 0.6 is 0 Å². The zero-order valence-electron chi connectivity index (χ0n) is 14.5. The summed E-state index contributed by atoms with van der Waals surface area (Å²) in [5.41, 5.74) is 1.41. The summed E-state index contributed by atoms with van der Waals surface area (Å²) in [6.45, 7) is 4.32. The van der Waals surface area contributed by atoms with Crippen LogP contribution in [-0.2, 0) is 27.5 Å². The number of carbonyl (C=O) groups excluding carboxylic acids is 1. The van der Waals surface area contributed by atoms with Crippen LogP contribution in [-0.4, -0.2) is 45.3 Å². The van der Waals surface area contributed by atoms with Crippen molar-refractivity contribution in [3.63, 3.8) is 0 Å². The van der Waals surface area contributed by atoms with Gasteiger partial charge in [-0.1, -0.05) is 12.1 Å². The molecular weight excluding hydrogens is 342 g/mol. The molecule has 0 N–H and O–H groups in total. The maximum Gasteiger partial charge on any atom is 0.347 e. The van der Waals surface area contributed by atoms with Crippen molar-refractivity contribution in [3.8, 4) is 11.5 Å². The van der Waals surface area contributed by atoms with Crippen LogP contribution in [0.2, 0.25) is 0 Å². The predicted octanol–water partition coefficient (Wildman–Crippen LogP) is 1.30. The van der Waals surface area contributed by atoms with E-state index in [0.29, 0.717) is 29.6 Å². The number of oxime groups is 1. The van der Waals surface area contributed by atoms with Crippen LogP contribution in [0, 0.1) is 0 Å². The van der Waals surface area contributed by atoms with Gasteiger partial charge in [-0.15, -0.1) is 5.10 Å². The van der Waals surface area contributed by atoms with E-state index in [9.17, 15) is 4.79 Å². The SMILES string of the molecule is CCCn1nnnc1COC(=O)CO/N=C(\C)c1ccc2c(c1)OCO2. The van der Waals surface area contributed by atoms with Crippen LogP contribution in [0.3, 0.4) is 0 Å². The number of hydrogen-bond donors (Lipinski definition) is 0. The molecule has 1 aromatic heterocycles. The summed E-state index contributed by atoms with van der Waals surface area (Å²) in [5, 5.41) is 15.1. The Labute approximate surface area is 149 Å². The van der Waals surface area contributed by atoms with Gasteiger partial charge >= 0.3 is 5.97 Å². The molecule has 1 aromatic carbocycles. The predicted molar refractivity (Wildman–Crippen MR) is 88.6 cm³/mol. The second-order valence-corrected chi connectivity index (χ2v) is 5.50. The molecule has 0 amide bonds. The van der Waals surface area contributed by atoms with E-state index in [-0.39, 0.29) is 20.0 Å². The standard InChI is InChI=1S/C16H19N5O5/c1-3-6-21-15(17-19-20-21)8-23-16(22)9-26-18-11(2)12-4-5-13-14(7-12)25-10-24-13/h4-5,7H,3,6,8-10H2,1-2H3/b18-11+. The third kappa shape index (κ3) is 4.26. The highest BCUT2D eigenvalue weighted by molar-refractivity contribution is 5.99. The molecule has 0 atom stereocenters. The number of aromatic nitrogens is 4. The molecule has 138 valence electrons. The van der Waals surface area contributed by atoms with Crippen molar-refractivity contribution >= 4 is 11.7 Å². The van der Waals surface area contributed by atoms with Gasteiger partial charge in [-0.05, 0) is 42.0 Å². The molecule has 0 saturated heterocycles. The van der Waals surface area contributed by atoms with E-state index in [1.807, 2.05) is 13.0 Å². The Morgan fingerprint density at radius 2 is 2.19 bits per heavy atom. The third-order valence-electron chi connectivity index (χ3n) is 3.58. The summed E-state index contributed by atoms with van der Waals surface area (Å²) in [4.78, 5) is 16.8. The van der Waals surface area contributed by atoms with E-state index >= 15 is 0 Å². The molecule has 1 aliphatic heterocycles. The first-order valence-electron chi connectivity index (χ1n) is 8.14. The lowest BCUT2D eigenvalue weighted by Gasteiger charge is -2.05. The number of carbonyl (C=O) groups is 1. The van der Waals surface area contributed by atoms with Gasteiger partial charge in [0.05, 0.1) is 5.71 Å². The fourth-order valence-corrected chi connectivity index (χ4v) is 2.25. The monoisotopic (exact) mass is 361 g/mol. The second-order valence-electron chi connectivity index (χ2n) is 5.50. The summed E-state index contributed by atoms with van der Waals surface area (Å²) in [7, 11) is 0. The molecule has 0 aliphatic carbocycles. The maximum atomic E-state index is 11.7. The summed E-state index contributed by atoms with van der Waals surface area (Å²) < 4.78 is 17.3. The second kappa shape index (κ2) is 8.28. The fraction of sp³-hybridized carbons (Fsp3) is 0.438. The van der Waals surface area contributed by atoms with Crippen molar-refractivity contribution in [2.45, 2.75) is 33.4 Å². The largest absolute Gasteiger partial charge is 0.455 e. The van der Waals surface area contributed by atoms with E-state index < -0.39 is 5.97 Å². The van der Waals surface area contributed by atoms with Gasteiger partial charge in [0.25, 0.3) is 0 Å². The van der Waals surface area contributed by atoms with Crippen molar-refractivity contribution < 1.29 is 23.8 Å². The molecule has 3 rings (SSSR count). The molecular formula is C16H19N5O5. The zero-order chi connectivity index (χ0) is 18.4. The van der Waals surface area contributed by atoms with Gasteiger partial charge in [0.15, 0.2) is 23.9 Å². The van der Waals surface area contributed by atoms with E-state index in [1.165, 1.54) is 0 Å². The Balaban J connectivity index is 1.46. The highest BCUT2D eigenvalue weighted by Crippen LogP contribution is 2.32. The minimum atomic E-state index is -0.557. The minimum absolute atomic E-state index is 0.0138. The maximum absolute atomic E-state index is 11.7. The highest BCUT2D eigenvalue weighted by Gasteiger charge is 2.14. The van der Waals surface area contributed by atoms with Crippen molar-refractivity contribution in [2.75, 3.05) is 13.4 Å². The molecule has 10 heteroatoms. The van der Waals surface area contributed by atoms with Gasteiger partial charge in [-0.25, -0.2) is 9.48 Å². The smallest absolute Gasteiger partial charge is 0.347 e. The van der Waals surface area contributed by atoms with Gasteiger partial charge in [-0.2, -0.15) is 0 Å². The van der Waals surface area contributed by atoms with E-state index in [2.05, 4.69) is 20.7 Å². The van der Waals surface area contributed by atoms with Crippen molar-refractivity contribution in [3.05, 3.63) is 29.6 Å². The summed E-state index contributed by atoms with van der Waals surface area (Å²) >= 11 is 0. The molecule has 2 aromatic rings. The first-order chi connectivity index (χ1) is 12.7. The first kappa shape index (κ1) is 17.6.